The van der Waals surface area contributed by atoms with E-state index in [-0.39, 0.29) is 12.5 Å². The van der Waals surface area contributed by atoms with Crippen LogP contribution in [0.5, 0.6) is 0 Å². The number of benzene rings is 1. The van der Waals surface area contributed by atoms with Crippen molar-refractivity contribution in [2.75, 3.05) is 10.6 Å². The van der Waals surface area contributed by atoms with Gasteiger partial charge in [-0.2, -0.15) is 0 Å². The molecule has 27 heavy (non-hydrogen) atoms. The maximum Gasteiger partial charge on any atom is 0.244 e. The monoisotopic (exact) mass is 359 g/mol. The van der Waals surface area contributed by atoms with Crippen molar-refractivity contribution in [2.45, 2.75) is 6.54 Å². The van der Waals surface area contributed by atoms with E-state index in [0.717, 1.165) is 17.2 Å². The molecule has 4 aromatic rings. The fourth-order valence-electron chi connectivity index (χ4n) is 2.58. The van der Waals surface area contributed by atoms with Gasteiger partial charge in [-0.05, 0) is 36.4 Å². The van der Waals surface area contributed by atoms with Crippen LogP contribution in [0.15, 0.2) is 79.9 Å². The number of nitrogens with one attached hydrogen (secondary N) is 2. The molecule has 0 aliphatic heterocycles. The topological polar surface area (TPSA) is 89.7 Å². The minimum Gasteiger partial charge on any atom is -0.345 e. The van der Waals surface area contributed by atoms with Crippen LogP contribution in [-0.4, -0.2) is 30.0 Å². The molecule has 0 saturated heterocycles. The molecule has 2 N–H and O–H groups in total. The third-order valence-electron chi connectivity index (χ3n) is 3.86. The quantitative estimate of drug-likeness (QED) is 0.552. The lowest BCUT2D eigenvalue weighted by molar-refractivity contribution is -0.116. The molecule has 0 aliphatic rings. The summed E-state index contributed by atoms with van der Waals surface area (Å²) < 4.78 is 3.62. The zero-order valence-corrected chi connectivity index (χ0v) is 14.4. The van der Waals surface area contributed by atoms with Gasteiger partial charge in [0.25, 0.3) is 0 Å². The number of hydrogen-bond donors (Lipinski definition) is 2. The second-order valence-electron chi connectivity index (χ2n) is 5.84. The predicted molar refractivity (Wildman–Crippen MR) is 102 cm³/mol. The number of nitrogens with zero attached hydrogens (tertiary/aromatic N) is 5. The summed E-state index contributed by atoms with van der Waals surface area (Å²) in [6.45, 7) is 0.283. The molecule has 0 bridgehead atoms. The Kier molecular flexibility index (Phi) is 4.60. The molecule has 0 aliphatic carbocycles. The highest BCUT2D eigenvalue weighted by atomic mass is 16.1. The Morgan fingerprint density at radius 3 is 2.52 bits per heavy atom. The summed E-state index contributed by atoms with van der Waals surface area (Å²) >= 11 is 0. The fourth-order valence-corrected chi connectivity index (χ4v) is 2.58. The maximum absolute atomic E-state index is 12.0. The lowest BCUT2D eigenvalue weighted by Gasteiger charge is -2.09. The molecule has 0 radical (unpaired) electrons. The Hall–Kier alpha value is -3.94. The van der Waals surface area contributed by atoms with Crippen LogP contribution in [-0.2, 0) is 11.3 Å². The highest BCUT2D eigenvalue weighted by molar-refractivity contribution is 5.90. The van der Waals surface area contributed by atoms with Crippen molar-refractivity contribution < 1.29 is 4.79 Å². The molecular formula is C19H17N7O. The molecule has 1 aromatic carbocycles. The minimum absolute atomic E-state index is 0.0762. The van der Waals surface area contributed by atoms with Gasteiger partial charge in [0, 0.05) is 42.2 Å². The number of carbonyl (C=O) groups excluding carboxylic acids is 1. The van der Waals surface area contributed by atoms with Gasteiger partial charge in [0.15, 0.2) is 0 Å². The van der Waals surface area contributed by atoms with Gasteiger partial charge in [0.05, 0.1) is 0 Å². The molecule has 3 heterocycles. The van der Waals surface area contributed by atoms with Crippen LogP contribution in [0.2, 0.25) is 0 Å². The van der Waals surface area contributed by atoms with Crippen LogP contribution in [0.4, 0.5) is 17.2 Å². The van der Waals surface area contributed by atoms with Crippen molar-refractivity contribution in [2.24, 2.45) is 0 Å². The molecule has 8 nitrogen and oxygen atoms in total. The average Bonchev–Trinajstić information content (AvgIpc) is 3.37. The van der Waals surface area contributed by atoms with Crippen molar-refractivity contribution in [1.82, 2.24) is 24.1 Å². The zero-order valence-electron chi connectivity index (χ0n) is 14.4. The average molecular weight is 359 g/mol. The summed E-state index contributed by atoms with van der Waals surface area (Å²) in [7, 11) is 0. The van der Waals surface area contributed by atoms with Crippen LogP contribution >= 0.6 is 0 Å². The number of carbonyl (C=O) groups is 1. The molecule has 3 aromatic heterocycles. The maximum atomic E-state index is 12.0. The summed E-state index contributed by atoms with van der Waals surface area (Å²) in [6.07, 6.45) is 10.4. The van der Waals surface area contributed by atoms with E-state index < -0.39 is 0 Å². The van der Waals surface area contributed by atoms with Crippen molar-refractivity contribution in [3.05, 3.63) is 79.9 Å². The first kappa shape index (κ1) is 16.5. The van der Waals surface area contributed by atoms with Gasteiger partial charge in [0.2, 0.25) is 5.91 Å². The molecule has 4 rings (SSSR count). The molecule has 0 atom stereocenters. The van der Waals surface area contributed by atoms with Gasteiger partial charge in [-0.25, -0.2) is 15.0 Å². The van der Waals surface area contributed by atoms with E-state index in [0.29, 0.717) is 5.82 Å². The number of imidazole rings is 1. The molecule has 0 unspecified atom stereocenters. The summed E-state index contributed by atoms with van der Waals surface area (Å²) in [5.74, 6) is 1.31. The summed E-state index contributed by atoms with van der Waals surface area (Å²) in [6, 6.07) is 13.0. The predicted octanol–water partition coefficient (Wildman–Crippen LogP) is 2.85. The normalized spacial score (nSPS) is 10.5. The van der Waals surface area contributed by atoms with Gasteiger partial charge in [0.1, 0.15) is 30.8 Å². The first-order valence-electron chi connectivity index (χ1n) is 8.34. The van der Waals surface area contributed by atoms with Crippen molar-refractivity contribution in [1.29, 1.82) is 0 Å². The molecular weight excluding hydrogens is 342 g/mol. The molecule has 134 valence electrons. The Labute approximate surface area is 155 Å². The van der Waals surface area contributed by atoms with E-state index in [1.54, 1.807) is 17.1 Å². The van der Waals surface area contributed by atoms with Crippen LogP contribution in [0.1, 0.15) is 0 Å². The summed E-state index contributed by atoms with van der Waals surface area (Å²) in [4.78, 5) is 24.5. The van der Waals surface area contributed by atoms with Crippen LogP contribution in [0.3, 0.4) is 0 Å². The molecule has 0 saturated carbocycles. The summed E-state index contributed by atoms with van der Waals surface area (Å²) in [5.41, 5.74) is 1.59. The second kappa shape index (κ2) is 7.52. The second-order valence-corrected chi connectivity index (χ2v) is 5.84. The number of amides is 1. The fraction of sp³-hybridized carbons (Fsp3) is 0.0526. The Morgan fingerprint density at radius 1 is 1.00 bits per heavy atom. The standard InChI is InChI=1S/C19H17N7O/c27-19(12-25-8-1-2-9-25)24-16-5-3-15(4-6-16)23-17-11-18(22-13-21-17)26-10-7-20-14-26/h1-11,13-14H,12H2,(H,24,27)(H,21,22,23). The highest BCUT2D eigenvalue weighted by Gasteiger charge is 2.04. The lowest BCUT2D eigenvalue weighted by Crippen LogP contribution is -2.17. The highest BCUT2D eigenvalue weighted by Crippen LogP contribution is 2.18. The van der Waals surface area contributed by atoms with Crippen molar-refractivity contribution >= 4 is 23.1 Å². The van der Waals surface area contributed by atoms with Gasteiger partial charge < -0.3 is 15.2 Å². The Balaban J connectivity index is 1.39. The largest absolute Gasteiger partial charge is 0.345 e. The van der Waals surface area contributed by atoms with E-state index in [1.165, 1.54) is 6.33 Å². The summed E-state index contributed by atoms with van der Waals surface area (Å²) in [5, 5.41) is 6.10. The minimum atomic E-state index is -0.0762. The SMILES string of the molecule is O=C(Cn1cccc1)Nc1ccc(Nc2cc(-n3ccnc3)ncn2)cc1. The number of aromatic nitrogens is 5. The van der Waals surface area contributed by atoms with E-state index in [1.807, 2.05) is 65.6 Å². The Morgan fingerprint density at radius 2 is 1.78 bits per heavy atom. The first-order valence-corrected chi connectivity index (χ1v) is 8.34. The van der Waals surface area contributed by atoms with Gasteiger partial charge >= 0.3 is 0 Å². The van der Waals surface area contributed by atoms with Gasteiger partial charge in [-0.3, -0.25) is 9.36 Å². The van der Waals surface area contributed by atoms with Gasteiger partial charge in [-0.15, -0.1) is 0 Å². The first-order chi connectivity index (χ1) is 13.3. The van der Waals surface area contributed by atoms with E-state index >= 15 is 0 Å². The van der Waals surface area contributed by atoms with Crippen molar-refractivity contribution in [3.63, 3.8) is 0 Å². The van der Waals surface area contributed by atoms with E-state index in [9.17, 15) is 4.79 Å². The van der Waals surface area contributed by atoms with Crippen LogP contribution < -0.4 is 10.6 Å². The zero-order chi connectivity index (χ0) is 18.5. The molecule has 1 amide bonds. The van der Waals surface area contributed by atoms with Crippen molar-refractivity contribution in [3.8, 4) is 5.82 Å². The van der Waals surface area contributed by atoms with Crippen LogP contribution in [0, 0.1) is 0 Å². The Bertz CT molecular complexity index is 1010. The molecule has 8 heteroatoms. The molecule has 0 fully saturated rings. The smallest absolute Gasteiger partial charge is 0.244 e. The third kappa shape index (κ3) is 4.18. The molecule has 0 spiro atoms. The van der Waals surface area contributed by atoms with E-state index in [4.69, 9.17) is 0 Å². The lowest BCUT2D eigenvalue weighted by atomic mass is 10.2. The van der Waals surface area contributed by atoms with E-state index in [2.05, 4.69) is 25.6 Å². The third-order valence-corrected chi connectivity index (χ3v) is 3.86. The van der Waals surface area contributed by atoms with Gasteiger partial charge in [-0.1, -0.05) is 0 Å². The van der Waals surface area contributed by atoms with Crippen LogP contribution in [0.25, 0.3) is 5.82 Å². The number of anilines is 3. The number of rotatable bonds is 6. The number of hydrogen-bond acceptors (Lipinski definition) is 5.